The number of ether oxygens (including phenoxy) is 1. The highest BCUT2D eigenvalue weighted by Gasteiger charge is 2.16. The van der Waals surface area contributed by atoms with Crippen molar-refractivity contribution in [2.45, 2.75) is 13.8 Å². The summed E-state index contributed by atoms with van der Waals surface area (Å²) < 4.78 is 7.19. The lowest BCUT2D eigenvalue weighted by Crippen LogP contribution is -2.36. The van der Waals surface area contributed by atoms with Gasteiger partial charge >= 0.3 is 0 Å². The third kappa shape index (κ3) is 3.77. The van der Waals surface area contributed by atoms with Gasteiger partial charge in [0.15, 0.2) is 0 Å². The van der Waals surface area contributed by atoms with Crippen LogP contribution in [-0.2, 0) is 4.74 Å². The summed E-state index contributed by atoms with van der Waals surface area (Å²) in [7, 11) is 0. The van der Waals surface area contributed by atoms with Crippen LogP contribution in [0.4, 0.5) is 11.4 Å². The van der Waals surface area contributed by atoms with Gasteiger partial charge in [0, 0.05) is 24.5 Å². The molecule has 6 nitrogen and oxygen atoms in total. The third-order valence-electron chi connectivity index (χ3n) is 5.00. The van der Waals surface area contributed by atoms with Crippen LogP contribution in [-0.4, -0.2) is 42.0 Å². The first-order chi connectivity index (χ1) is 13.6. The van der Waals surface area contributed by atoms with E-state index in [0.29, 0.717) is 5.56 Å². The molecule has 2 aromatic carbocycles. The minimum Gasteiger partial charge on any atom is -0.378 e. The Morgan fingerprint density at radius 1 is 1.04 bits per heavy atom. The number of nitrogens with zero attached hydrogens (tertiary/aromatic N) is 3. The number of morpholine rings is 1. The molecule has 28 heavy (non-hydrogen) atoms. The van der Waals surface area contributed by atoms with E-state index in [1.54, 1.807) is 10.9 Å². The highest BCUT2D eigenvalue weighted by atomic mass is 16.5. The maximum absolute atomic E-state index is 12.7. The quantitative estimate of drug-likeness (QED) is 0.756. The highest BCUT2D eigenvalue weighted by Crippen LogP contribution is 2.21. The molecule has 1 saturated heterocycles. The Hall–Kier alpha value is -3.12. The van der Waals surface area contributed by atoms with E-state index in [1.807, 2.05) is 62.4 Å². The molecule has 1 fully saturated rings. The van der Waals surface area contributed by atoms with Crippen molar-refractivity contribution >= 4 is 17.3 Å². The minimum absolute atomic E-state index is 0.157. The van der Waals surface area contributed by atoms with E-state index in [1.165, 1.54) is 0 Å². The maximum Gasteiger partial charge on any atom is 0.259 e. The summed E-state index contributed by atoms with van der Waals surface area (Å²) in [6.07, 6.45) is 1.62. The van der Waals surface area contributed by atoms with Crippen molar-refractivity contribution in [2.24, 2.45) is 0 Å². The predicted molar refractivity (Wildman–Crippen MR) is 110 cm³/mol. The monoisotopic (exact) mass is 376 g/mol. The molecule has 1 aromatic heterocycles. The molecule has 1 aliphatic heterocycles. The van der Waals surface area contributed by atoms with Crippen LogP contribution in [0.5, 0.6) is 0 Å². The molecule has 0 atom stereocenters. The Balaban J connectivity index is 1.48. The predicted octanol–water partition coefficient (Wildman–Crippen LogP) is 3.58. The Kier molecular flexibility index (Phi) is 5.12. The van der Waals surface area contributed by atoms with E-state index in [9.17, 15) is 4.79 Å². The fourth-order valence-electron chi connectivity index (χ4n) is 3.43. The van der Waals surface area contributed by atoms with E-state index < -0.39 is 0 Å². The molecule has 3 aromatic rings. The van der Waals surface area contributed by atoms with Gasteiger partial charge in [-0.3, -0.25) is 4.79 Å². The standard InChI is InChI=1S/C22H24N4O2/c1-16-4-3-5-20(14-16)26-17(2)21(15-23-26)22(27)24-18-6-8-19(9-7-18)25-10-12-28-13-11-25/h3-9,14-15H,10-13H2,1-2H3,(H,24,27). The van der Waals surface area contributed by atoms with Gasteiger partial charge in [-0.1, -0.05) is 12.1 Å². The number of aryl methyl sites for hydroxylation is 1. The molecule has 4 rings (SSSR count). The van der Waals surface area contributed by atoms with E-state index in [4.69, 9.17) is 4.74 Å². The number of nitrogens with one attached hydrogen (secondary N) is 1. The molecule has 6 heteroatoms. The fraction of sp³-hybridized carbons (Fsp3) is 0.273. The first-order valence-corrected chi connectivity index (χ1v) is 9.47. The van der Waals surface area contributed by atoms with E-state index in [2.05, 4.69) is 15.3 Å². The summed E-state index contributed by atoms with van der Waals surface area (Å²) in [4.78, 5) is 15.0. The largest absolute Gasteiger partial charge is 0.378 e. The van der Waals surface area contributed by atoms with Crippen molar-refractivity contribution < 1.29 is 9.53 Å². The molecule has 0 unspecified atom stereocenters. The molecule has 0 aliphatic carbocycles. The van der Waals surface area contributed by atoms with Crippen LogP contribution in [0, 0.1) is 13.8 Å². The number of rotatable bonds is 4. The second kappa shape index (κ2) is 7.86. The van der Waals surface area contributed by atoms with E-state index in [-0.39, 0.29) is 5.91 Å². The molecule has 0 bridgehead atoms. The Morgan fingerprint density at radius 3 is 2.50 bits per heavy atom. The lowest BCUT2D eigenvalue weighted by atomic mass is 10.2. The zero-order valence-electron chi connectivity index (χ0n) is 16.2. The number of carbonyl (C=O) groups excluding carboxylic acids is 1. The number of hydrogen-bond acceptors (Lipinski definition) is 4. The number of amides is 1. The van der Waals surface area contributed by atoms with Crippen LogP contribution in [0.2, 0.25) is 0 Å². The second-order valence-corrected chi connectivity index (χ2v) is 6.99. The molecular weight excluding hydrogens is 352 g/mol. The molecule has 1 amide bonds. The Morgan fingerprint density at radius 2 is 1.79 bits per heavy atom. The van der Waals surface area contributed by atoms with Gasteiger partial charge in [-0.15, -0.1) is 0 Å². The molecule has 2 heterocycles. The van der Waals surface area contributed by atoms with Crippen LogP contribution in [0.25, 0.3) is 5.69 Å². The zero-order valence-corrected chi connectivity index (χ0v) is 16.2. The van der Waals surface area contributed by atoms with Crippen molar-refractivity contribution in [3.63, 3.8) is 0 Å². The second-order valence-electron chi connectivity index (χ2n) is 6.99. The van der Waals surface area contributed by atoms with Gasteiger partial charge in [-0.2, -0.15) is 5.10 Å². The average Bonchev–Trinajstić information content (AvgIpc) is 3.11. The van der Waals surface area contributed by atoms with E-state index >= 15 is 0 Å². The number of benzene rings is 2. The van der Waals surface area contributed by atoms with Crippen molar-refractivity contribution in [3.8, 4) is 5.69 Å². The molecule has 0 saturated carbocycles. The van der Waals surface area contributed by atoms with Gasteiger partial charge in [0.1, 0.15) is 0 Å². The van der Waals surface area contributed by atoms with Crippen molar-refractivity contribution in [1.29, 1.82) is 0 Å². The van der Waals surface area contributed by atoms with Crippen molar-refractivity contribution in [1.82, 2.24) is 9.78 Å². The average molecular weight is 376 g/mol. The molecule has 1 N–H and O–H groups in total. The lowest BCUT2D eigenvalue weighted by molar-refractivity contribution is 0.102. The summed E-state index contributed by atoms with van der Waals surface area (Å²) in [6, 6.07) is 16.0. The van der Waals surface area contributed by atoms with E-state index in [0.717, 1.165) is 54.6 Å². The SMILES string of the molecule is Cc1cccc(-n2ncc(C(=O)Nc3ccc(N4CCOCC4)cc3)c2C)c1. The third-order valence-corrected chi connectivity index (χ3v) is 5.00. The van der Waals surface area contributed by atoms with Crippen molar-refractivity contribution in [2.75, 3.05) is 36.5 Å². The summed E-state index contributed by atoms with van der Waals surface area (Å²) in [6.45, 7) is 7.24. The molecule has 0 spiro atoms. The summed E-state index contributed by atoms with van der Waals surface area (Å²) >= 11 is 0. The molecule has 144 valence electrons. The van der Waals surface area contributed by atoms with Gasteiger partial charge < -0.3 is 15.0 Å². The van der Waals surface area contributed by atoms with Gasteiger partial charge in [-0.25, -0.2) is 4.68 Å². The first kappa shape index (κ1) is 18.3. The van der Waals surface area contributed by atoms with Gasteiger partial charge in [0.2, 0.25) is 0 Å². The molecular formula is C22H24N4O2. The lowest BCUT2D eigenvalue weighted by Gasteiger charge is -2.28. The number of anilines is 2. The van der Waals surface area contributed by atoms with Crippen LogP contribution in [0.15, 0.2) is 54.7 Å². The summed E-state index contributed by atoms with van der Waals surface area (Å²) in [5.74, 6) is -0.157. The van der Waals surface area contributed by atoms with Crippen LogP contribution >= 0.6 is 0 Å². The Labute approximate surface area is 164 Å². The maximum atomic E-state index is 12.7. The fourth-order valence-corrected chi connectivity index (χ4v) is 3.43. The number of carbonyl (C=O) groups is 1. The molecule has 0 radical (unpaired) electrons. The summed E-state index contributed by atoms with van der Waals surface area (Å²) in [5, 5.41) is 7.37. The van der Waals surface area contributed by atoms with Crippen molar-refractivity contribution in [3.05, 3.63) is 71.5 Å². The normalized spacial score (nSPS) is 14.1. The summed E-state index contributed by atoms with van der Waals surface area (Å²) in [5.41, 5.74) is 5.39. The van der Waals surface area contributed by atoms with Gasteiger partial charge in [0.25, 0.3) is 5.91 Å². The number of hydrogen-bond donors (Lipinski definition) is 1. The zero-order chi connectivity index (χ0) is 19.5. The van der Waals surface area contributed by atoms with Crippen LogP contribution < -0.4 is 10.2 Å². The number of aromatic nitrogens is 2. The van der Waals surface area contributed by atoms with Crippen LogP contribution in [0.1, 0.15) is 21.6 Å². The van der Waals surface area contributed by atoms with Gasteiger partial charge in [-0.05, 0) is 55.8 Å². The van der Waals surface area contributed by atoms with Gasteiger partial charge in [0.05, 0.1) is 36.4 Å². The first-order valence-electron chi connectivity index (χ1n) is 9.47. The smallest absolute Gasteiger partial charge is 0.259 e. The molecule has 1 aliphatic rings. The van der Waals surface area contributed by atoms with Crippen LogP contribution in [0.3, 0.4) is 0 Å². The highest BCUT2D eigenvalue weighted by molar-refractivity contribution is 6.05. The topological polar surface area (TPSA) is 59.4 Å². The Bertz CT molecular complexity index is 972. The minimum atomic E-state index is -0.157.